The van der Waals surface area contributed by atoms with Gasteiger partial charge in [-0.3, -0.25) is 0 Å². The van der Waals surface area contributed by atoms with Gasteiger partial charge in [0.15, 0.2) is 0 Å². The minimum atomic E-state index is 0. The Morgan fingerprint density at radius 2 is 2.22 bits per heavy atom. The first-order chi connectivity index (χ1) is 3.93. The summed E-state index contributed by atoms with van der Waals surface area (Å²) < 4.78 is 0. The van der Waals surface area contributed by atoms with Gasteiger partial charge in [0, 0.05) is 0 Å². The molecule has 0 nitrogen and oxygen atoms in total. The summed E-state index contributed by atoms with van der Waals surface area (Å²) in [6.45, 7) is 3.72. The quantitative estimate of drug-likeness (QED) is 0.528. The molecule has 0 N–H and O–H groups in total. The van der Waals surface area contributed by atoms with Gasteiger partial charge in [-0.15, -0.1) is 0 Å². The molecule has 0 radical (unpaired) electrons. The minimum Gasteiger partial charge on any atom is -0.197 e. The predicted molar refractivity (Wildman–Crippen MR) is 47.1 cm³/mol. The van der Waals surface area contributed by atoms with Gasteiger partial charge in [0.25, 0.3) is 0 Å². The third kappa shape index (κ3) is 2.75. The number of hydrogen-bond acceptors (Lipinski definition) is 0. The van der Waals surface area contributed by atoms with Crippen LogP contribution < -0.4 is 0 Å². The maximum absolute atomic E-state index is 3.72. The molecule has 0 aromatic carbocycles. The fourth-order valence-corrected chi connectivity index (χ4v) is 1.05. The zero-order valence-electron chi connectivity index (χ0n) is 5.69. The van der Waals surface area contributed by atoms with Crippen molar-refractivity contribution in [1.29, 1.82) is 0 Å². The Morgan fingerprint density at radius 3 is 2.56 bits per heavy atom. The Hall–Kier alpha value is -0.170. The van der Waals surface area contributed by atoms with Gasteiger partial charge in [-0.2, -0.15) is 13.5 Å². The van der Waals surface area contributed by atoms with Crippen LogP contribution in [0.5, 0.6) is 0 Å². The van der Waals surface area contributed by atoms with Crippen LogP contribution in [0.4, 0.5) is 0 Å². The Morgan fingerprint density at radius 1 is 1.44 bits per heavy atom. The molecule has 0 aromatic rings. The smallest absolute Gasteiger partial charge is 0.0282 e. The van der Waals surface area contributed by atoms with Crippen LogP contribution in [0.3, 0.4) is 0 Å². The normalized spacial score (nSPS) is 17.6. The van der Waals surface area contributed by atoms with Crippen molar-refractivity contribution in [3.8, 4) is 0 Å². The molecule has 0 saturated heterocycles. The molecule has 0 fully saturated rings. The fraction of sp³-hybridized carbons (Fsp3) is 0.500. The van der Waals surface area contributed by atoms with Crippen LogP contribution in [0.15, 0.2) is 24.3 Å². The molecular weight excluding hydrogens is 128 g/mol. The lowest BCUT2D eigenvalue weighted by Crippen LogP contribution is -1.86. The standard InChI is InChI=1S/C8H12.H2S/c1-2-8-6-4-3-5-7-8;/h2,6H,1,3-5,7H2;1H2. The number of hydrogen-bond donors (Lipinski definition) is 0. The SMILES string of the molecule is C=CC1=CCCCC1.S. The molecule has 0 spiro atoms. The molecule has 0 atom stereocenters. The van der Waals surface area contributed by atoms with Gasteiger partial charge in [0.1, 0.15) is 0 Å². The zero-order valence-corrected chi connectivity index (χ0v) is 6.69. The topological polar surface area (TPSA) is 0 Å². The molecule has 1 aliphatic rings. The van der Waals surface area contributed by atoms with Crippen molar-refractivity contribution in [1.82, 2.24) is 0 Å². The summed E-state index contributed by atoms with van der Waals surface area (Å²) in [5.41, 5.74) is 1.44. The number of rotatable bonds is 1. The molecule has 9 heavy (non-hydrogen) atoms. The monoisotopic (exact) mass is 142 g/mol. The molecule has 1 heteroatoms. The van der Waals surface area contributed by atoms with Crippen molar-refractivity contribution in [2.45, 2.75) is 25.7 Å². The van der Waals surface area contributed by atoms with E-state index in [4.69, 9.17) is 0 Å². The second-order valence-corrected chi connectivity index (χ2v) is 2.23. The number of allylic oxidation sites excluding steroid dienone is 3. The van der Waals surface area contributed by atoms with E-state index in [1.54, 1.807) is 0 Å². The van der Waals surface area contributed by atoms with Crippen molar-refractivity contribution in [3.05, 3.63) is 24.3 Å². The van der Waals surface area contributed by atoms with E-state index in [0.29, 0.717) is 0 Å². The molecule has 52 valence electrons. The molecule has 0 saturated carbocycles. The maximum Gasteiger partial charge on any atom is -0.0282 e. The summed E-state index contributed by atoms with van der Waals surface area (Å²) in [5, 5.41) is 0. The Bertz CT molecular complexity index is 114. The van der Waals surface area contributed by atoms with Gasteiger partial charge in [-0.25, -0.2) is 0 Å². The summed E-state index contributed by atoms with van der Waals surface area (Å²) in [6.07, 6.45) is 9.51. The van der Waals surface area contributed by atoms with Crippen LogP contribution in [0.1, 0.15) is 25.7 Å². The molecular formula is C8H14S. The lowest BCUT2D eigenvalue weighted by atomic mass is 10.0. The summed E-state index contributed by atoms with van der Waals surface area (Å²) in [6, 6.07) is 0. The average Bonchev–Trinajstić information content (AvgIpc) is 1.90. The summed E-state index contributed by atoms with van der Waals surface area (Å²) >= 11 is 0. The highest BCUT2D eigenvalue weighted by Crippen LogP contribution is 2.16. The van der Waals surface area contributed by atoms with Crippen molar-refractivity contribution >= 4 is 13.5 Å². The van der Waals surface area contributed by atoms with Crippen LogP contribution in [0.25, 0.3) is 0 Å². The molecule has 1 rings (SSSR count). The van der Waals surface area contributed by atoms with Crippen LogP contribution >= 0.6 is 13.5 Å². The van der Waals surface area contributed by atoms with Crippen molar-refractivity contribution in [2.24, 2.45) is 0 Å². The molecule has 0 aliphatic heterocycles. The maximum atomic E-state index is 3.72. The summed E-state index contributed by atoms with van der Waals surface area (Å²) in [4.78, 5) is 0. The second-order valence-electron chi connectivity index (χ2n) is 2.23. The van der Waals surface area contributed by atoms with E-state index >= 15 is 0 Å². The second kappa shape index (κ2) is 4.68. The summed E-state index contributed by atoms with van der Waals surface area (Å²) in [5.74, 6) is 0. The Kier molecular flexibility index (Phi) is 4.60. The van der Waals surface area contributed by atoms with Crippen LogP contribution in [-0.2, 0) is 0 Å². The van der Waals surface area contributed by atoms with Crippen LogP contribution in [-0.4, -0.2) is 0 Å². The van der Waals surface area contributed by atoms with E-state index in [0.717, 1.165) is 0 Å². The van der Waals surface area contributed by atoms with Gasteiger partial charge in [0.05, 0.1) is 0 Å². The van der Waals surface area contributed by atoms with E-state index in [2.05, 4.69) is 12.7 Å². The Balaban J connectivity index is 0.000000640. The third-order valence-corrected chi connectivity index (χ3v) is 1.59. The van der Waals surface area contributed by atoms with Gasteiger partial charge in [0.2, 0.25) is 0 Å². The van der Waals surface area contributed by atoms with Gasteiger partial charge < -0.3 is 0 Å². The van der Waals surface area contributed by atoms with E-state index < -0.39 is 0 Å². The van der Waals surface area contributed by atoms with Gasteiger partial charge in [-0.1, -0.05) is 24.3 Å². The molecule has 0 bridgehead atoms. The first-order valence-electron chi connectivity index (χ1n) is 3.25. The Labute approximate surface area is 64.1 Å². The third-order valence-electron chi connectivity index (χ3n) is 1.59. The van der Waals surface area contributed by atoms with Crippen molar-refractivity contribution in [2.75, 3.05) is 0 Å². The van der Waals surface area contributed by atoms with E-state index in [9.17, 15) is 0 Å². The average molecular weight is 142 g/mol. The minimum absolute atomic E-state index is 0. The molecule has 0 unspecified atom stereocenters. The first kappa shape index (κ1) is 8.83. The van der Waals surface area contributed by atoms with Gasteiger partial charge >= 0.3 is 0 Å². The molecule has 0 aromatic heterocycles. The van der Waals surface area contributed by atoms with Crippen molar-refractivity contribution < 1.29 is 0 Å². The highest BCUT2D eigenvalue weighted by molar-refractivity contribution is 7.59. The largest absolute Gasteiger partial charge is 0.197 e. The van der Waals surface area contributed by atoms with E-state index in [-0.39, 0.29) is 13.5 Å². The summed E-state index contributed by atoms with van der Waals surface area (Å²) in [7, 11) is 0. The lowest BCUT2D eigenvalue weighted by molar-refractivity contribution is 0.712. The van der Waals surface area contributed by atoms with Crippen LogP contribution in [0.2, 0.25) is 0 Å². The molecule has 0 heterocycles. The zero-order chi connectivity index (χ0) is 5.82. The predicted octanol–water partition coefficient (Wildman–Crippen LogP) is 2.79. The van der Waals surface area contributed by atoms with Gasteiger partial charge in [-0.05, 0) is 25.7 Å². The van der Waals surface area contributed by atoms with E-state index in [1.807, 2.05) is 6.08 Å². The van der Waals surface area contributed by atoms with Crippen LogP contribution in [0, 0.1) is 0 Å². The van der Waals surface area contributed by atoms with E-state index in [1.165, 1.54) is 31.3 Å². The highest BCUT2D eigenvalue weighted by Gasteiger charge is 1.97. The molecule has 1 aliphatic carbocycles. The molecule has 0 amide bonds. The highest BCUT2D eigenvalue weighted by atomic mass is 32.1. The first-order valence-corrected chi connectivity index (χ1v) is 3.25. The van der Waals surface area contributed by atoms with Crippen molar-refractivity contribution in [3.63, 3.8) is 0 Å². The lowest BCUT2D eigenvalue weighted by Gasteiger charge is -2.06. The fourth-order valence-electron chi connectivity index (χ4n) is 1.05.